The van der Waals surface area contributed by atoms with Gasteiger partial charge < -0.3 is 15.2 Å². The third kappa shape index (κ3) is 3.05. The fourth-order valence-electron chi connectivity index (χ4n) is 3.94. The highest BCUT2D eigenvalue weighted by atomic mass is 16.5. The predicted molar refractivity (Wildman–Crippen MR) is 106 cm³/mol. The zero-order valence-electron chi connectivity index (χ0n) is 16.8. The lowest BCUT2D eigenvalue weighted by Crippen LogP contribution is -2.74. The van der Waals surface area contributed by atoms with Gasteiger partial charge in [-0.25, -0.2) is 4.79 Å². The summed E-state index contributed by atoms with van der Waals surface area (Å²) in [7, 11) is 2.31. The Morgan fingerprint density at radius 1 is 1.10 bits per heavy atom. The molecule has 2 aromatic carbocycles. The molecule has 1 aliphatic rings. The van der Waals surface area contributed by atoms with Crippen LogP contribution in [0.2, 0.25) is 0 Å². The number of aliphatic hydroxyl groups is 1. The monoisotopic (exact) mass is 410 g/mol. The van der Waals surface area contributed by atoms with Crippen molar-refractivity contribution in [2.45, 2.75) is 24.5 Å². The minimum Gasteiger partial charge on any atom is -0.467 e. The number of hydrogen-bond donors (Lipinski definition) is 2. The van der Waals surface area contributed by atoms with Crippen LogP contribution < -0.4 is 5.32 Å². The molecule has 3 amide bonds. The van der Waals surface area contributed by atoms with E-state index in [9.17, 15) is 24.3 Å². The molecule has 0 radical (unpaired) electrons. The highest BCUT2D eigenvalue weighted by Gasteiger charge is 2.66. The third-order valence-electron chi connectivity index (χ3n) is 5.32. The number of benzene rings is 2. The first-order valence-corrected chi connectivity index (χ1v) is 9.24. The number of carbonyl (C=O) groups is 4. The highest BCUT2D eigenvalue weighted by molar-refractivity contribution is 6.15. The summed E-state index contributed by atoms with van der Waals surface area (Å²) in [6, 6.07) is 14.6. The Bertz CT molecular complexity index is 1020. The maximum absolute atomic E-state index is 13.4. The summed E-state index contributed by atoms with van der Waals surface area (Å²) in [5.41, 5.74) is -4.28. The van der Waals surface area contributed by atoms with Gasteiger partial charge in [0.15, 0.2) is 5.54 Å². The second-order valence-electron chi connectivity index (χ2n) is 7.17. The van der Waals surface area contributed by atoms with E-state index in [1.165, 1.54) is 32.2 Å². The Kier molecular flexibility index (Phi) is 5.45. The van der Waals surface area contributed by atoms with Gasteiger partial charge in [-0.15, -0.1) is 0 Å². The summed E-state index contributed by atoms with van der Waals surface area (Å²) >= 11 is 0. The molecule has 8 heteroatoms. The maximum atomic E-state index is 13.4. The molecule has 0 unspecified atom stereocenters. The average molecular weight is 410 g/mol. The van der Waals surface area contributed by atoms with Gasteiger partial charge in [-0.2, -0.15) is 0 Å². The first-order chi connectivity index (χ1) is 14.2. The predicted octanol–water partition coefficient (Wildman–Crippen LogP) is 0.777. The van der Waals surface area contributed by atoms with E-state index in [1.54, 1.807) is 36.4 Å². The fourth-order valence-corrected chi connectivity index (χ4v) is 3.94. The van der Waals surface area contributed by atoms with Gasteiger partial charge in [0.05, 0.1) is 7.11 Å². The molecule has 2 N–H and O–H groups in total. The maximum Gasteiger partial charge on any atom is 0.335 e. The second kappa shape index (κ2) is 7.72. The fraction of sp³-hybridized carbons (Fsp3) is 0.273. The number of likely N-dealkylation sites (N-methyl/N-ethyl adjacent to an activating group) is 1. The van der Waals surface area contributed by atoms with Crippen molar-refractivity contribution in [3.05, 3.63) is 71.3 Å². The van der Waals surface area contributed by atoms with E-state index in [2.05, 4.69) is 5.32 Å². The Hall–Kier alpha value is -3.52. The number of ether oxygens (including phenoxy) is 1. The van der Waals surface area contributed by atoms with Crippen molar-refractivity contribution in [1.82, 2.24) is 10.2 Å². The summed E-state index contributed by atoms with van der Waals surface area (Å²) < 4.78 is 4.96. The van der Waals surface area contributed by atoms with Crippen molar-refractivity contribution in [2.75, 3.05) is 14.2 Å². The van der Waals surface area contributed by atoms with Crippen LogP contribution in [0.15, 0.2) is 54.6 Å². The first-order valence-electron chi connectivity index (χ1n) is 9.24. The number of esters is 1. The number of methoxy groups -OCH3 is 1. The number of hydrogen-bond acceptors (Lipinski definition) is 6. The van der Waals surface area contributed by atoms with E-state index >= 15 is 0 Å². The van der Waals surface area contributed by atoms with Crippen LogP contribution in [0.1, 0.15) is 28.4 Å². The van der Waals surface area contributed by atoms with Gasteiger partial charge in [0.1, 0.15) is 0 Å². The summed E-state index contributed by atoms with van der Waals surface area (Å²) in [6.07, 6.45) is -0.251. The van der Waals surface area contributed by atoms with Gasteiger partial charge in [0.2, 0.25) is 11.5 Å². The molecule has 0 spiro atoms. The molecule has 8 nitrogen and oxygen atoms in total. The van der Waals surface area contributed by atoms with Crippen LogP contribution in [0.5, 0.6) is 0 Å². The van der Waals surface area contributed by atoms with Crippen molar-refractivity contribution in [3.8, 4) is 0 Å². The Labute approximate surface area is 173 Å². The molecule has 0 saturated carbocycles. The van der Waals surface area contributed by atoms with Crippen molar-refractivity contribution in [2.24, 2.45) is 0 Å². The van der Waals surface area contributed by atoms with Crippen molar-refractivity contribution in [3.63, 3.8) is 0 Å². The van der Waals surface area contributed by atoms with Gasteiger partial charge in [-0.05, 0) is 11.6 Å². The Morgan fingerprint density at radius 3 is 2.30 bits per heavy atom. The molecule has 3 rings (SSSR count). The molecule has 2 aromatic rings. The Balaban J connectivity index is 2.37. The minimum atomic E-state index is -2.60. The lowest BCUT2D eigenvalue weighted by molar-refractivity contribution is -0.179. The molecule has 0 aromatic heterocycles. The van der Waals surface area contributed by atoms with Crippen molar-refractivity contribution >= 4 is 23.7 Å². The highest BCUT2D eigenvalue weighted by Crippen LogP contribution is 2.43. The van der Waals surface area contributed by atoms with Crippen LogP contribution in [-0.4, -0.2) is 53.4 Å². The normalized spacial score (nSPS) is 20.2. The second-order valence-corrected chi connectivity index (χ2v) is 7.17. The number of fused-ring (bicyclic) bond motifs is 1. The summed E-state index contributed by atoms with van der Waals surface area (Å²) in [5.74, 6) is -3.34. The zero-order valence-corrected chi connectivity index (χ0v) is 16.8. The molecule has 1 aliphatic heterocycles. The quantitative estimate of drug-likeness (QED) is 0.556. The summed E-state index contributed by atoms with van der Waals surface area (Å²) in [4.78, 5) is 52.1. The molecule has 0 bridgehead atoms. The van der Waals surface area contributed by atoms with Crippen molar-refractivity contribution in [1.29, 1.82) is 0 Å². The van der Waals surface area contributed by atoms with Gasteiger partial charge in [-0.3, -0.25) is 19.3 Å². The van der Waals surface area contributed by atoms with Gasteiger partial charge >= 0.3 is 5.97 Å². The van der Waals surface area contributed by atoms with Gasteiger partial charge in [-0.1, -0.05) is 48.5 Å². The van der Waals surface area contributed by atoms with Gasteiger partial charge in [0, 0.05) is 31.5 Å². The standard InChI is InChI=1S/C22H22N2O6/c1-14(25)23-21(20(28)30-3,13-15-9-5-4-6-10-15)22(29)17-12-8-7-11-16(17)18(26)24(2)19(22)27/h4-12,29H,13H2,1-3H3,(H,23,25)/t21-,22-/m1/s1. The molecular weight excluding hydrogens is 388 g/mol. The van der Waals surface area contributed by atoms with Crippen LogP contribution in [0.4, 0.5) is 0 Å². The largest absolute Gasteiger partial charge is 0.467 e. The number of imide groups is 1. The average Bonchev–Trinajstić information content (AvgIpc) is 2.75. The molecular formula is C22H22N2O6. The van der Waals surface area contributed by atoms with E-state index in [0.717, 1.165) is 12.0 Å². The topological polar surface area (TPSA) is 113 Å². The minimum absolute atomic E-state index is 0.0498. The first kappa shape index (κ1) is 21.2. The number of nitrogens with zero attached hydrogens (tertiary/aromatic N) is 1. The van der Waals surface area contributed by atoms with E-state index in [0.29, 0.717) is 5.56 Å². The molecule has 0 saturated heterocycles. The summed E-state index contributed by atoms with van der Waals surface area (Å²) in [6.45, 7) is 1.17. The van der Waals surface area contributed by atoms with E-state index in [1.807, 2.05) is 0 Å². The van der Waals surface area contributed by atoms with E-state index < -0.39 is 34.8 Å². The van der Waals surface area contributed by atoms with Crippen molar-refractivity contribution < 1.29 is 29.0 Å². The van der Waals surface area contributed by atoms with Gasteiger partial charge in [0.25, 0.3) is 11.8 Å². The van der Waals surface area contributed by atoms with Crippen LogP contribution in [0.25, 0.3) is 0 Å². The van der Waals surface area contributed by atoms with E-state index in [4.69, 9.17) is 4.74 Å². The number of rotatable bonds is 5. The lowest BCUT2D eigenvalue weighted by Gasteiger charge is -2.48. The number of carbonyl (C=O) groups excluding carboxylic acids is 4. The van der Waals surface area contributed by atoms with Crippen LogP contribution in [0.3, 0.4) is 0 Å². The van der Waals surface area contributed by atoms with E-state index in [-0.39, 0.29) is 17.5 Å². The smallest absolute Gasteiger partial charge is 0.335 e. The number of nitrogens with one attached hydrogen (secondary N) is 1. The SMILES string of the molecule is COC(=O)[C@@](Cc1ccccc1)(NC(C)=O)[C@]1(O)C(=O)N(C)C(=O)c2ccccc21. The number of amides is 3. The van der Waals surface area contributed by atoms with Crippen LogP contribution in [-0.2, 0) is 31.1 Å². The molecule has 1 heterocycles. The zero-order chi connectivity index (χ0) is 22.1. The molecule has 0 aliphatic carbocycles. The lowest BCUT2D eigenvalue weighted by atomic mass is 9.67. The van der Waals surface area contributed by atoms with Crippen LogP contribution in [0, 0.1) is 0 Å². The molecule has 156 valence electrons. The molecule has 0 fully saturated rings. The summed E-state index contributed by atoms with van der Waals surface area (Å²) in [5, 5.41) is 14.4. The van der Waals surface area contributed by atoms with Crippen LogP contribution >= 0.6 is 0 Å². The molecule has 30 heavy (non-hydrogen) atoms. The third-order valence-corrected chi connectivity index (χ3v) is 5.32. The Morgan fingerprint density at radius 2 is 1.70 bits per heavy atom. The molecule has 2 atom stereocenters.